The molecular weight excluding hydrogens is 1240 g/mol. The van der Waals surface area contributed by atoms with E-state index in [1.807, 2.05) is 41.5 Å². The Morgan fingerprint density at radius 1 is 0.596 bits per heavy atom. The minimum absolute atomic E-state index is 0.0199. The molecule has 7 fully saturated rings. The van der Waals surface area contributed by atoms with Gasteiger partial charge >= 0.3 is 6.18 Å². The summed E-state index contributed by atoms with van der Waals surface area (Å²) in [6, 6.07) is -9.36. The molecule has 0 aromatic carbocycles. The number of alkyl halides is 4. The molecule has 26 heteroatoms. The minimum atomic E-state index is -4.49. The van der Waals surface area contributed by atoms with Crippen LogP contribution in [-0.4, -0.2) is 237 Å². The Morgan fingerprint density at radius 2 is 1.23 bits per heavy atom. The molecule has 0 aromatic rings. The van der Waals surface area contributed by atoms with Crippen LogP contribution in [0.1, 0.15) is 196 Å². The molecule has 94 heavy (non-hydrogen) atoms. The maximum Gasteiger partial charge on any atom is 0.393 e. The summed E-state index contributed by atoms with van der Waals surface area (Å²) in [4.78, 5) is 174. The summed E-state index contributed by atoms with van der Waals surface area (Å²) in [6.45, 7) is 12.7. The number of hydrogen-bond donors (Lipinski definition) is 3. The quantitative estimate of drug-likeness (QED) is 0.207. The Balaban J connectivity index is 1.23. The van der Waals surface area contributed by atoms with E-state index in [2.05, 4.69) is 16.0 Å². The Labute approximate surface area is 559 Å². The van der Waals surface area contributed by atoms with Gasteiger partial charge in [0.1, 0.15) is 53.9 Å². The fraction of sp³-hybridized carbons (Fsp3) is 0.838. The van der Waals surface area contributed by atoms with Gasteiger partial charge in [0, 0.05) is 72.7 Å². The van der Waals surface area contributed by atoms with E-state index in [9.17, 15) is 51.5 Å². The molecule has 7 aliphatic rings. The third-order valence-electron chi connectivity index (χ3n) is 22.2. The summed E-state index contributed by atoms with van der Waals surface area (Å²) >= 11 is 6.39. The molecule has 7 rings (SSSR count). The van der Waals surface area contributed by atoms with Crippen LogP contribution in [0.25, 0.3) is 0 Å². The van der Waals surface area contributed by atoms with Crippen molar-refractivity contribution in [3.63, 3.8) is 0 Å². The van der Waals surface area contributed by atoms with Crippen molar-refractivity contribution in [2.24, 2.45) is 35.5 Å². The fourth-order valence-electron chi connectivity index (χ4n) is 16.0. The molecule has 22 nitrogen and oxygen atoms in total. The van der Waals surface area contributed by atoms with E-state index in [1.165, 1.54) is 62.5 Å². The minimum Gasteiger partial charge on any atom is -0.343 e. The number of amides is 11. The fourth-order valence-corrected chi connectivity index (χ4v) is 16.5. The first-order valence-electron chi connectivity index (χ1n) is 35.1. The van der Waals surface area contributed by atoms with Crippen LogP contribution >= 0.6 is 11.6 Å². The number of likely N-dealkylation sites (N-methyl/N-ethyl adjacent to an activating group) is 5. The standard InChI is InChI=1S/C68H109ClF3N11O11/c1-13-42(6)56-64(92)77(9)43(7)60(88)83-34-29-51(83)63(91)79(11)53(37-44-21-15-14-16-22-44)62(90)76(8)39-54(84)73-49(28-26-45-25-27-47(48(69)36-45)68(70,71)72)61(89)82-33-20-24-50(82)59(87)75-67(30-17-18-31-67)66(94)80(12)57(41(4)5)65(93)81-32-19-23-46(81)38-55(85)78(10)52(35-40(2)3)58(86)74-56/h40-53,56-57H,13-39H2,1-12H3,(H,73,84)(H,74,86)(H,75,87)/t42-,43-,45?,46+,47?,48?,49-,50-,51-,52-,53-,56-,57-/m0/s1. The molecule has 3 saturated carbocycles. The summed E-state index contributed by atoms with van der Waals surface area (Å²) in [5.41, 5.74) is -1.46. The Kier molecular flexibility index (Phi) is 26.2. The van der Waals surface area contributed by atoms with Crippen molar-refractivity contribution >= 4 is 76.6 Å². The van der Waals surface area contributed by atoms with E-state index < -0.39 is 155 Å². The first kappa shape index (κ1) is 75.6. The molecule has 0 aromatic heterocycles. The van der Waals surface area contributed by atoms with Gasteiger partial charge in [-0.3, -0.25) is 52.7 Å². The SMILES string of the molecule is CC[C@H](C)[C@@H]1NC(=O)[C@H](CC(C)C)N(C)C(=O)C[C@H]2CCCN2C(=O)[C@H](C(C)C)N(C)C(=O)C2(CCCC2)NC(=O)[C@@H]2CCCN2C(=O)[C@H](CCC2CCC(C(F)(F)F)C(Cl)C2)NC(=O)CN(C)C(=O)[C@H](CC2CCCCC2)N(C)C(=O)[C@@H]2CCN2C(=O)[C@H](C)N(C)C1=O. The van der Waals surface area contributed by atoms with Gasteiger partial charge in [-0.1, -0.05) is 92.9 Å². The van der Waals surface area contributed by atoms with Crippen LogP contribution in [0.3, 0.4) is 0 Å². The highest BCUT2D eigenvalue weighted by Crippen LogP contribution is 2.44. The van der Waals surface area contributed by atoms with Crippen LogP contribution in [0, 0.1) is 35.5 Å². The van der Waals surface area contributed by atoms with Gasteiger partial charge in [0.15, 0.2) is 0 Å². The number of carbonyl (C=O) groups is 11. The van der Waals surface area contributed by atoms with Gasteiger partial charge in [0.25, 0.3) is 0 Å². The van der Waals surface area contributed by atoms with E-state index in [1.54, 1.807) is 18.9 Å². The maximum atomic E-state index is 15.3. The number of hydrogen-bond acceptors (Lipinski definition) is 11. The summed E-state index contributed by atoms with van der Waals surface area (Å²) < 4.78 is 41.9. The molecule has 4 aliphatic heterocycles. The zero-order valence-electron chi connectivity index (χ0n) is 57.9. The highest BCUT2D eigenvalue weighted by Gasteiger charge is 2.52. The molecular formula is C68H109ClF3N11O11. The molecule has 3 unspecified atom stereocenters. The summed E-state index contributed by atoms with van der Waals surface area (Å²) in [7, 11) is 7.48. The molecule has 0 bridgehead atoms. The molecule has 3 N–H and O–H groups in total. The average Bonchev–Trinajstić information content (AvgIpc) is 1.11. The first-order chi connectivity index (χ1) is 44.2. The Morgan fingerprint density at radius 3 is 1.83 bits per heavy atom. The van der Waals surface area contributed by atoms with Crippen molar-refractivity contribution in [3.8, 4) is 0 Å². The predicted octanol–water partition coefficient (Wildman–Crippen LogP) is 6.24. The smallest absolute Gasteiger partial charge is 0.343 e. The monoisotopic (exact) mass is 1350 g/mol. The second-order valence-corrected chi connectivity index (χ2v) is 30.1. The highest BCUT2D eigenvalue weighted by atomic mass is 35.5. The number of fused-ring (bicyclic) bond motifs is 3. The lowest BCUT2D eigenvalue weighted by Gasteiger charge is -2.45. The molecule has 4 saturated heterocycles. The first-order valence-corrected chi connectivity index (χ1v) is 35.5. The summed E-state index contributed by atoms with van der Waals surface area (Å²) in [5.74, 6) is -8.88. The summed E-state index contributed by atoms with van der Waals surface area (Å²) in [5, 5.41) is 7.69. The van der Waals surface area contributed by atoms with Gasteiger partial charge in [0.05, 0.1) is 12.5 Å². The topological polar surface area (TPSA) is 250 Å². The van der Waals surface area contributed by atoms with Crippen molar-refractivity contribution in [2.75, 3.05) is 61.4 Å². The van der Waals surface area contributed by atoms with Crippen molar-refractivity contribution in [3.05, 3.63) is 0 Å². The van der Waals surface area contributed by atoms with Gasteiger partial charge in [-0.25, -0.2) is 0 Å². The number of halogens is 4. The highest BCUT2D eigenvalue weighted by molar-refractivity contribution is 6.20. The van der Waals surface area contributed by atoms with E-state index in [-0.39, 0.29) is 114 Å². The van der Waals surface area contributed by atoms with Gasteiger partial charge in [-0.05, 0) is 126 Å². The number of nitrogens with one attached hydrogen (secondary N) is 3. The second-order valence-electron chi connectivity index (χ2n) is 29.5. The lowest BCUT2D eigenvalue weighted by Crippen LogP contribution is -2.65. The summed E-state index contributed by atoms with van der Waals surface area (Å²) in [6.07, 6.45) is 4.52. The van der Waals surface area contributed by atoms with Gasteiger partial charge in [-0.15, -0.1) is 11.6 Å². The van der Waals surface area contributed by atoms with E-state index in [0.29, 0.717) is 45.1 Å². The van der Waals surface area contributed by atoms with Crippen LogP contribution in [0.2, 0.25) is 0 Å². The van der Waals surface area contributed by atoms with Crippen LogP contribution in [0.5, 0.6) is 0 Å². The Hall–Kier alpha value is -5.75. The second kappa shape index (κ2) is 32.5. The van der Waals surface area contributed by atoms with Gasteiger partial charge in [0.2, 0.25) is 65.0 Å². The number of carbonyl (C=O) groups excluding carboxylic acids is 11. The zero-order valence-corrected chi connectivity index (χ0v) is 58.7. The molecule has 0 radical (unpaired) electrons. The van der Waals surface area contributed by atoms with Crippen molar-refractivity contribution in [2.45, 2.75) is 268 Å². The third kappa shape index (κ3) is 17.5. The molecule has 1 spiro atoms. The zero-order chi connectivity index (χ0) is 69.4. The molecule has 13 atom stereocenters. The molecule has 11 amide bonds. The van der Waals surface area contributed by atoms with Crippen molar-refractivity contribution in [1.82, 2.24) is 55.1 Å². The van der Waals surface area contributed by atoms with Crippen molar-refractivity contribution < 1.29 is 65.9 Å². The van der Waals surface area contributed by atoms with E-state index >= 15 is 14.4 Å². The molecule has 530 valence electrons. The van der Waals surface area contributed by atoms with Gasteiger partial charge < -0.3 is 55.1 Å². The van der Waals surface area contributed by atoms with Crippen LogP contribution in [0.15, 0.2) is 0 Å². The molecule has 3 aliphatic carbocycles. The normalized spacial score (nSPS) is 31.8. The average molecular weight is 1350 g/mol. The van der Waals surface area contributed by atoms with Crippen LogP contribution < -0.4 is 16.0 Å². The largest absolute Gasteiger partial charge is 0.393 e. The lowest BCUT2D eigenvalue weighted by atomic mass is 9.78. The lowest BCUT2D eigenvalue weighted by molar-refractivity contribution is -0.182. The van der Waals surface area contributed by atoms with Crippen LogP contribution in [-0.2, 0) is 52.7 Å². The Bertz CT molecular complexity index is 2750. The molecule has 4 heterocycles. The predicted molar refractivity (Wildman–Crippen MR) is 348 cm³/mol. The number of rotatable bonds is 10. The van der Waals surface area contributed by atoms with Crippen LogP contribution in [0.4, 0.5) is 13.2 Å². The van der Waals surface area contributed by atoms with E-state index in [4.69, 9.17) is 11.6 Å². The third-order valence-corrected chi connectivity index (χ3v) is 22.7. The number of nitrogens with zero attached hydrogens (tertiary/aromatic N) is 8. The van der Waals surface area contributed by atoms with E-state index in [0.717, 1.165) is 32.1 Å². The van der Waals surface area contributed by atoms with Crippen molar-refractivity contribution in [1.29, 1.82) is 0 Å². The maximum absolute atomic E-state index is 15.3. The van der Waals surface area contributed by atoms with Gasteiger partial charge in [-0.2, -0.15) is 13.2 Å².